The highest BCUT2D eigenvalue weighted by Crippen LogP contribution is 2.27. The Balaban J connectivity index is 1.58. The maximum Gasteiger partial charge on any atom is 0.243 e. The van der Waals surface area contributed by atoms with Crippen LogP contribution in [0.5, 0.6) is 11.5 Å². The average molecular weight is 606 g/mol. The number of hydrogen-bond acceptors (Lipinski definition) is 4. The first-order chi connectivity index (χ1) is 20.4. The zero-order valence-electron chi connectivity index (χ0n) is 23.7. The monoisotopic (exact) mass is 604 g/mol. The Morgan fingerprint density at radius 1 is 0.738 bits per heavy atom. The zero-order chi connectivity index (χ0) is 29.9. The van der Waals surface area contributed by atoms with Crippen LogP contribution in [0.15, 0.2) is 97.1 Å². The van der Waals surface area contributed by atoms with Gasteiger partial charge < -0.3 is 19.7 Å². The fourth-order valence-corrected chi connectivity index (χ4v) is 4.95. The van der Waals surface area contributed by atoms with Gasteiger partial charge in [-0.1, -0.05) is 83.9 Å². The second kappa shape index (κ2) is 15.3. The van der Waals surface area contributed by atoms with E-state index >= 15 is 0 Å². The highest BCUT2D eigenvalue weighted by atomic mass is 35.5. The molecule has 42 heavy (non-hydrogen) atoms. The minimum absolute atomic E-state index is 0.134. The first-order valence-electron chi connectivity index (χ1n) is 13.7. The van der Waals surface area contributed by atoms with Crippen LogP contribution in [0.25, 0.3) is 0 Å². The maximum absolute atomic E-state index is 13.9. The molecule has 4 aromatic rings. The third-order valence-corrected chi connectivity index (χ3v) is 7.47. The third-order valence-electron chi connectivity index (χ3n) is 6.97. The number of methoxy groups -OCH3 is 2. The lowest BCUT2D eigenvalue weighted by molar-refractivity contribution is -0.140. The summed E-state index contributed by atoms with van der Waals surface area (Å²) in [6.07, 6.45) is 1.08. The van der Waals surface area contributed by atoms with Gasteiger partial charge in [0.1, 0.15) is 6.04 Å². The number of amides is 2. The largest absolute Gasteiger partial charge is 0.493 e. The van der Waals surface area contributed by atoms with Crippen molar-refractivity contribution >= 4 is 35.0 Å². The number of benzene rings is 4. The smallest absolute Gasteiger partial charge is 0.243 e. The molecule has 0 aliphatic rings. The molecule has 0 heterocycles. The molecule has 2 amide bonds. The van der Waals surface area contributed by atoms with Gasteiger partial charge >= 0.3 is 0 Å². The van der Waals surface area contributed by atoms with Crippen LogP contribution in [-0.4, -0.2) is 43.5 Å². The van der Waals surface area contributed by atoms with Gasteiger partial charge in [0.25, 0.3) is 0 Å². The number of carbonyl (C=O) groups is 2. The summed E-state index contributed by atoms with van der Waals surface area (Å²) in [5.74, 6) is 0.886. The summed E-state index contributed by atoms with van der Waals surface area (Å²) in [6, 6.07) is 29.2. The van der Waals surface area contributed by atoms with Gasteiger partial charge in [-0.3, -0.25) is 9.59 Å². The number of carbonyl (C=O) groups excluding carboxylic acids is 2. The van der Waals surface area contributed by atoms with Crippen LogP contribution in [0.3, 0.4) is 0 Å². The molecule has 8 heteroatoms. The third kappa shape index (κ3) is 8.75. The molecule has 0 bridgehead atoms. The first-order valence-corrected chi connectivity index (χ1v) is 14.4. The van der Waals surface area contributed by atoms with E-state index in [9.17, 15) is 9.59 Å². The van der Waals surface area contributed by atoms with Crippen LogP contribution in [0.4, 0.5) is 0 Å². The number of nitrogens with zero attached hydrogens (tertiary/aromatic N) is 1. The van der Waals surface area contributed by atoms with Crippen molar-refractivity contribution in [2.24, 2.45) is 0 Å². The minimum Gasteiger partial charge on any atom is -0.493 e. The van der Waals surface area contributed by atoms with Gasteiger partial charge in [0, 0.05) is 29.6 Å². The molecular formula is C34H34Cl2N2O4. The van der Waals surface area contributed by atoms with Crippen molar-refractivity contribution in [2.45, 2.75) is 31.8 Å². The molecule has 1 N–H and O–H groups in total. The molecule has 0 aromatic heterocycles. The fourth-order valence-electron chi connectivity index (χ4n) is 4.70. The second-order valence-electron chi connectivity index (χ2n) is 9.89. The Kier molecular flexibility index (Phi) is 11.3. The second-order valence-corrected chi connectivity index (χ2v) is 10.8. The molecule has 0 saturated heterocycles. The molecule has 0 aliphatic carbocycles. The lowest BCUT2D eigenvalue weighted by Crippen LogP contribution is -2.51. The van der Waals surface area contributed by atoms with Crippen molar-refractivity contribution in [1.82, 2.24) is 10.2 Å². The van der Waals surface area contributed by atoms with E-state index in [1.165, 1.54) is 0 Å². The summed E-state index contributed by atoms with van der Waals surface area (Å²) in [6.45, 7) is 0.643. The molecule has 0 aliphatic heterocycles. The van der Waals surface area contributed by atoms with E-state index in [1.54, 1.807) is 43.4 Å². The van der Waals surface area contributed by atoms with Gasteiger partial charge in [-0.05, 0) is 65.1 Å². The number of halogens is 2. The quantitative estimate of drug-likeness (QED) is 0.188. The molecule has 0 saturated carbocycles. The Morgan fingerprint density at radius 3 is 1.95 bits per heavy atom. The molecule has 1 atom stereocenters. The predicted octanol–water partition coefficient (Wildman–Crippen LogP) is 6.55. The normalized spacial score (nSPS) is 11.4. The molecular weight excluding hydrogens is 571 g/mol. The number of rotatable bonds is 13. The lowest BCUT2D eigenvalue weighted by Gasteiger charge is -2.32. The van der Waals surface area contributed by atoms with E-state index in [0.29, 0.717) is 40.9 Å². The van der Waals surface area contributed by atoms with Gasteiger partial charge in [0.05, 0.1) is 20.6 Å². The van der Waals surface area contributed by atoms with Gasteiger partial charge in [0.2, 0.25) is 11.8 Å². The Labute approximate surface area is 257 Å². The van der Waals surface area contributed by atoms with E-state index in [-0.39, 0.29) is 24.8 Å². The molecule has 0 unspecified atom stereocenters. The molecule has 4 rings (SSSR count). The van der Waals surface area contributed by atoms with E-state index in [4.69, 9.17) is 32.7 Å². The van der Waals surface area contributed by atoms with Crippen molar-refractivity contribution in [3.8, 4) is 11.5 Å². The standard InChI is InChI=1S/C34H34Cl2N2O4/c1-41-31-17-12-26(21-32(31)42-2)18-19-37-34(40)30(20-24-6-4-3-5-7-24)38(23-27-10-15-29(36)16-11-27)33(39)22-25-8-13-28(35)14-9-25/h3-17,21,30H,18-20,22-23H2,1-2H3,(H,37,40)/t30-/m0/s1. The van der Waals surface area contributed by atoms with Crippen LogP contribution in [-0.2, 0) is 35.4 Å². The van der Waals surface area contributed by atoms with Gasteiger partial charge in [-0.2, -0.15) is 0 Å². The summed E-state index contributed by atoms with van der Waals surface area (Å²) in [5, 5.41) is 4.28. The topological polar surface area (TPSA) is 67.9 Å². The first kappa shape index (κ1) is 30.9. The summed E-state index contributed by atoms with van der Waals surface area (Å²) >= 11 is 12.2. The van der Waals surface area contributed by atoms with Crippen molar-refractivity contribution < 1.29 is 19.1 Å². The molecule has 218 valence electrons. The average Bonchev–Trinajstić information content (AvgIpc) is 3.01. The van der Waals surface area contributed by atoms with Crippen molar-refractivity contribution in [3.05, 3.63) is 129 Å². The van der Waals surface area contributed by atoms with Gasteiger partial charge in [-0.15, -0.1) is 0 Å². The summed E-state index contributed by atoms with van der Waals surface area (Å²) in [4.78, 5) is 29.4. The van der Waals surface area contributed by atoms with Crippen molar-refractivity contribution in [3.63, 3.8) is 0 Å². The Bertz CT molecular complexity index is 1460. The molecule has 0 radical (unpaired) electrons. The maximum atomic E-state index is 13.9. The van der Waals surface area contributed by atoms with Gasteiger partial charge in [-0.25, -0.2) is 0 Å². The molecule has 0 fully saturated rings. The van der Waals surface area contributed by atoms with Crippen molar-refractivity contribution in [1.29, 1.82) is 0 Å². The summed E-state index contributed by atoms with van der Waals surface area (Å²) < 4.78 is 10.7. The van der Waals surface area contributed by atoms with Crippen LogP contribution >= 0.6 is 23.2 Å². The fraction of sp³-hybridized carbons (Fsp3) is 0.235. The summed E-state index contributed by atoms with van der Waals surface area (Å²) in [7, 11) is 3.18. The van der Waals surface area contributed by atoms with E-state index in [1.807, 2.05) is 72.8 Å². The SMILES string of the molecule is COc1ccc(CCNC(=O)[C@H](Cc2ccccc2)N(Cc2ccc(Cl)cc2)C(=O)Cc2ccc(Cl)cc2)cc1OC. The van der Waals surface area contributed by atoms with E-state index in [0.717, 1.165) is 22.3 Å². The van der Waals surface area contributed by atoms with Crippen LogP contribution in [0, 0.1) is 0 Å². The zero-order valence-corrected chi connectivity index (χ0v) is 25.2. The van der Waals surface area contributed by atoms with E-state index < -0.39 is 6.04 Å². The highest BCUT2D eigenvalue weighted by Gasteiger charge is 2.30. The number of hydrogen-bond donors (Lipinski definition) is 1. The minimum atomic E-state index is -0.742. The Morgan fingerprint density at radius 2 is 1.33 bits per heavy atom. The molecule has 0 spiro atoms. The van der Waals surface area contributed by atoms with Crippen LogP contribution in [0.2, 0.25) is 10.0 Å². The Hall–Kier alpha value is -4.00. The molecule has 6 nitrogen and oxygen atoms in total. The predicted molar refractivity (Wildman–Crippen MR) is 167 cm³/mol. The van der Waals surface area contributed by atoms with E-state index in [2.05, 4.69) is 5.32 Å². The number of ether oxygens (including phenoxy) is 2. The lowest BCUT2D eigenvalue weighted by atomic mass is 10.0. The van der Waals surface area contributed by atoms with Crippen LogP contribution < -0.4 is 14.8 Å². The van der Waals surface area contributed by atoms with Gasteiger partial charge in [0.15, 0.2) is 11.5 Å². The van der Waals surface area contributed by atoms with Crippen molar-refractivity contribution in [2.75, 3.05) is 20.8 Å². The molecule has 4 aromatic carbocycles. The number of nitrogens with one attached hydrogen (secondary N) is 1. The summed E-state index contributed by atoms with van der Waals surface area (Å²) in [5.41, 5.74) is 3.64. The van der Waals surface area contributed by atoms with Crippen LogP contribution in [0.1, 0.15) is 22.3 Å². The highest BCUT2D eigenvalue weighted by molar-refractivity contribution is 6.30.